The predicted octanol–water partition coefficient (Wildman–Crippen LogP) is 3.92. The smallest absolute Gasteiger partial charge is 0.248 e. The van der Waals surface area contributed by atoms with Crippen LogP contribution in [0.25, 0.3) is 0 Å². The van der Waals surface area contributed by atoms with Crippen LogP contribution in [0.15, 0.2) is 48.5 Å². The SMILES string of the molecule is CCOc1ccc(NC(=O)[C@H](CC)N(c2cccc(Cl)c2)S(C)(=O)=O)cc1. The first-order valence-corrected chi connectivity index (χ1v) is 10.8. The number of ether oxygens (including phenoxy) is 1. The monoisotopic (exact) mass is 410 g/mol. The number of carbonyl (C=O) groups excluding carboxylic acids is 1. The lowest BCUT2D eigenvalue weighted by Crippen LogP contribution is -2.47. The summed E-state index contributed by atoms with van der Waals surface area (Å²) in [5.41, 5.74) is 0.903. The van der Waals surface area contributed by atoms with Gasteiger partial charge in [-0.15, -0.1) is 0 Å². The van der Waals surface area contributed by atoms with Crippen LogP contribution in [-0.4, -0.2) is 33.2 Å². The summed E-state index contributed by atoms with van der Waals surface area (Å²) >= 11 is 6.00. The molecule has 1 N–H and O–H groups in total. The van der Waals surface area contributed by atoms with E-state index in [9.17, 15) is 13.2 Å². The van der Waals surface area contributed by atoms with Gasteiger partial charge in [0.15, 0.2) is 0 Å². The van der Waals surface area contributed by atoms with E-state index in [1.165, 1.54) is 6.07 Å². The molecular formula is C19H23ClN2O4S. The Morgan fingerprint density at radius 1 is 1.19 bits per heavy atom. The Hall–Kier alpha value is -2.25. The molecule has 0 fully saturated rings. The van der Waals surface area contributed by atoms with Gasteiger partial charge in [-0.25, -0.2) is 8.42 Å². The Labute approximate surface area is 165 Å². The third kappa shape index (κ3) is 5.61. The topological polar surface area (TPSA) is 75.7 Å². The van der Waals surface area contributed by atoms with Crippen molar-refractivity contribution in [2.45, 2.75) is 26.3 Å². The predicted molar refractivity (Wildman–Crippen MR) is 109 cm³/mol. The maximum absolute atomic E-state index is 12.8. The lowest BCUT2D eigenvalue weighted by Gasteiger charge is -2.30. The molecule has 2 aromatic rings. The van der Waals surface area contributed by atoms with E-state index in [0.717, 1.165) is 10.6 Å². The molecule has 0 saturated heterocycles. The molecule has 0 heterocycles. The van der Waals surface area contributed by atoms with Crippen molar-refractivity contribution in [3.8, 4) is 5.75 Å². The van der Waals surface area contributed by atoms with Crippen LogP contribution in [0.3, 0.4) is 0 Å². The molecule has 1 amide bonds. The van der Waals surface area contributed by atoms with Crippen LogP contribution in [0.1, 0.15) is 20.3 Å². The number of hydrogen-bond donors (Lipinski definition) is 1. The third-order valence-corrected chi connectivity index (χ3v) is 5.24. The minimum absolute atomic E-state index is 0.294. The van der Waals surface area contributed by atoms with E-state index in [1.54, 1.807) is 49.4 Å². The highest BCUT2D eigenvalue weighted by Gasteiger charge is 2.31. The average Bonchev–Trinajstić information content (AvgIpc) is 2.60. The van der Waals surface area contributed by atoms with E-state index in [-0.39, 0.29) is 0 Å². The normalized spacial score (nSPS) is 12.3. The van der Waals surface area contributed by atoms with Crippen LogP contribution in [-0.2, 0) is 14.8 Å². The van der Waals surface area contributed by atoms with Gasteiger partial charge in [0.05, 0.1) is 18.6 Å². The van der Waals surface area contributed by atoms with Crippen molar-refractivity contribution >= 4 is 38.9 Å². The fraction of sp³-hybridized carbons (Fsp3) is 0.316. The van der Waals surface area contributed by atoms with E-state index in [1.807, 2.05) is 6.92 Å². The number of benzene rings is 2. The second kappa shape index (κ2) is 9.10. The molecule has 0 aliphatic heterocycles. The third-order valence-electron chi connectivity index (χ3n) is 3.83. The summed E-state index contributed by atoms with van der Waals surface area (Å²) in [6.45, 7) is 4.19. The van der Waals surface area contributed by atoms with E-state index in [0.29, 0.717) is 35.2 Å². The summed E-state index contributed by atoms with van der Waals surface area (Å²) < 4.78 is 31.3. The quantitative estimate of drug-likeness (QED) is 0.715. The summed E-state index contributed by atoms with van der Waals surface area (Å²) in [5.74, 6) is 0.270. The molecule has 2 rings (SSSR count). The summed E-state index contributed by atoms with van der Waals surface area (Å²) in [4.78, 5) is 12.8. The van der Waals surface area contributed by atoms with Crippen molar-refractivity contribution in [1.29, 1.82) is 0 Å². The van der Waals surface area contributed by atoms with Gasteiger partial charge in [-0.3, -0.25) is 9.10 Å². The lowest BCUT2D eigenvalue weighted by molar-refractivity contribution is -0.117. The van der Waals surface area contributed by atoms with Crippen LogP contribution < -0.4 is 14.4 Å². The molecule has 8 heteroatoms. The van der Waals surface area contributed by atoms with Crippen molar-refractivity contribution in [1.82, 2.24) is 0 Å². The number of hydrogen-bond acceptors (Lipinski definition) is 4. The highest BCUT2D eigenvalue weighted by molar-refractivity contribution is 7.92. The number of nitrogens with one attached hydrogen (secondary N) is 1. The summed E-state index contributed by atoms with van der Waals surface area (Å²) in [6.07, 6.45) is 1.36. The zero-order valence-electron chi connectivity index (χ0n) is 15.5. The molecule has 0 aliphatic carbocycles. The Balaban J connectivity index is 2.29. The van der Waals surface area contributed by atoms with Crippen molar-refractivity contribution in [3.05, 3.63) is 53.6 Å². The Kier molecular flexibility index (Phi) is 7.10. The maximum atomic E-state index is 12.8. The van der Waals surface area contributed by atoms with Gasteiger partial charge in [0.25, 0.3) is 0 Å². The van der Waals surface area contributed by atoms with Crippen LogP contribution in [0.5, 0.6) is 5.75 Å². The summed E-state index contributed by atoms with van der Waals surface area (Å²) in [7, 11) is -3.70. The number of sulfonamides is 1. The first kappa shape index (κ1) is 21.1. The fourth-order valence-corrected chi connectivity index (χ4v) is 4.09. The molecule has 0 spiro atoms. The van der Waals surface area contributed by atoms with Crippen LogP contribution in [0.4, 0.5) is 11.4 Å². The molecule has 0 radical (unpaired) electrons. The molecule has 6 nitrogen and oxygen atoms in total. The number of carbonyl (C=O) groups is 1. The van der Waals surface area contributed by atoms with E-state index in [4.69, 9.17) is 16.3 Å². The van der Waals surface area contributed by atoms with Crippen molar-refractivity contribution in [2.75, 3.05) is 22.5 Å². The Bertz CT molecular complexity index is 885. The van der Waals surface area contributed by atoms with Gasteiger partial charge in [-0.05, 0) is 55.8 Å². The second-order valence-corrected chi connectivity index (χ2v) is 8.21. The summed E-state index contributed by atoms with van der Waals surface area (Å²) in [5, 5.41) is 3.16. The molecule has 27 heavy (non-hydrogen) atoms. The molecule has 0 unspecified atom stereocenters. The van der Waals surface area contributed by atoms with Gasteiger partial charge in [0.2, 0.25) is 15.9 Å². The standard InChI is InChI=1S/C19H23ClN2O4S/c1-4-18(19(23)21-15-9-11-17(12-10-15)26-5-2)22(27(3,24)25)16-8-6-7-14(20)13-16/h6-13,18H,4-5H2,1-3H3,(H,21,23)/t18-/m0/s1. The van der Waals surface area contributed by atoms with E-state index < -0.39 is 22.0 Å². The molecule has 2 aromatic carbocycles. The van der Waals surface area contributed by atoms with Crippen molar-refractivity contribution in [3.63, 3.8) is 0 Å². The highest BCUT2D eigenvalue weighted by atomic mass is 35.5. The van der Waals surface area contributed by atoms with Crippen LogP contribution >= 0.6 is 11.6 Å². The molecule has 0 aliphatic rings. The Morgan fingerprint density at radius 3 is 2.37 bits per heavy atom. The lowest BCUT2D eigenvalue weighted by atomic mass is 10.1. The molecular weight excluding hydrogens is 388 g/mol. The van der Waals surface area contributed by atoms with Gasteiger partial charge < -0.3 is 10.1 Å². The molecule has 0 bridgehead atoms. The van der Waals surface area contributed by atoms with Crippen LogP contribution in [0.2, 0.25) is 5.02 Å². The van der Waals surface area contributed by atoms with Crippen molar-refractivity contribution in [2.24, 2.45) is 0 Å². The fourth-order valence-electron chi connectivity index (χ4n) is 2.70. The first-order valence-electron chi connectivity index (χ1n) is 8.55. The first-order chi connectivity index (χ1) is 12.8. The van der Waals surface area contributed by atoms with Crippen LogP contribution in [0, 0.1) is 0 Å². The van der Waals surface area contributed by atoms with Gasteiger partial charge in [0.1, 0.15) is 11.8 Å². The second-order valence-electron chi connectivity index (χ2n) is 5.91. The van der Waals surface area contributed by atoms with E-state index in [2.05, 4.69) is 5.32 Å². The molecule has 0 aromatic heterocycles. The zero-order valence-corrected chi connectivity index (χ0v) is 17.0. The largest absolute Gasteiger partial charge is 0.494 e. The minimum atomic E-state index is -3.70. The number of amides is 1. The number of rotatable bonds is 8. The number of halogens is 1. The zero-order chi connectivity index (χ0) is 20.0. The molecule has 146 valence electrons. The van der Waals surface area contributed by atoms with Gasteiger partial charge >= 0.3 is 0 Å². The number of nitrogens with zero attached hydrogens (tertiary/aromatic N) is 1. The van der Waals surface area contributed by atoms with Crippen molar-refractivity contribution < 1.29 is 17.9 Å². The number of anilines is 2. The Morgan fingerprint density at radius 2 is 1.85 bits per heavy atom. The van der Waals surface area contributed by atoms with E-state index >= 15 is 0 Å². The highest BCUT2D eigenvalue weighted by Crippen LogP contribution is 2.26. The maximum Gasteiger partial charge on any atom is 0.248 e. The molecule has 0 saturated carbocycles. The van der Waals surface area contributed by atoms with Gasteiger partial charge in [0, 0.05) is 10.7 Å². The summed E-state index contributed by atoms with van der Waals surface area (Å²) in [6, 6.07) is 12.4. The minimum Gasteiger partial charge on any atom is -0.494 e. The van der Waals surface area contributed by atoms with Gasteiger partial charge in [-0.1, -0.05) is 24.6 Å². The molecule has 1 atom stereocenters. The average molecular weight is 411 g/mol. The van der Waals surface area contributed by atoms with Gasteiger partial charge in [-0.2, -0.15) is 0 Å².